The molecule has 1 heterocycles. The molecule has 0 aliphatic carbocycles. The van der Waals surface area contributed by atoms with Gasteiger partial charge in [-0.25, -0.2) is 0 Å². The fraction of sp³-hybridized carbons (Fsp3) is 0.133. The maximum absolute atomic E-state index is 12.4. The van der Waals surface area contributed by atoms with E-state index in [1.54, 1.807) is 24.3 Å². The molecule has 0 spiro atoms. The van der Waals surface area contributed by atoms with Crippen LogP contribution < -0.4 is 10.5 Å². The summed E-state index contributed by atoms with van der Waals surface area (Å²) < 4.78 is 5.42. The Morgan fingerprint density at radius 3 is 2.89 bits per heavy atom. The van der Waals surface area contributed by atoms with Crippen molar-refractivity contribution in [1.29, 1.82) is 0 Å². The van der Waals surface area contributed by atoms with Crippen LogP contribution in [0, 0.1) is 0 Å². The van der Waals surface area contributed by atoms with Crippen LogP contribution in [0.1, 0.15) is 21.5 Å². The second kappa shape index (κ2) is 4.59. The van der Waals surface area contributed by atoms with E-state index in [1.165, 1.54) is 0 Å². The van der Waals surface area contributed by atoms with Gasteiger partial charge in [-0.3, -0.25) is 4.79 Å². The smallest absolute Gasteiger partial charge is 0.194 e. The highest BCUT2D eigenvalue weighted by Crippen LogP contribution is 2.28. The van der Waals surface area contributed by atoms with Crippen LogP contribution in [0.15, 0.2) is 36.4 Å². The molecule has 1 aliphatic rings. The first-order valence-corrected chi connectivity index (χ1v) is 6.38. The van der Waals surface area contributed by atoms with E-state index in [9.17, 15) is 4.79 Å². The monoisotopic (exact) mass is 273 g/mol. The molecule has 0 saturated carbocycles. The van der Waals surface area contributed by atoms with Gasteiger partial charge in [-0.15, -0.1) is 0 Å². The Labute approximate surface area is 115 Å². The van der Waals surface area contributed by atoms with Crippen LogP contribution in [-0.4, -0.2) is 12.4 Å². The predicted molar refractivity (Wildman–Crippen MR) is 74.9 cm³/mol. The molecule has 0 aromatic heterocycles. The lowest BCUT2D eigenvalue weighted by Gasteiger charge is -2.06. The van der Waals surface area contributed by atoms with E-state index in [4.69, 9.17) is 22.1 Å². The van der Waals surface area contributed by atoms with Crippen LogP contribution in [0.3, 0.4) is 0 Å². The first-order valence-electron chi connectivity index (χ1n) is 6.00. The van der Waals surface area contributed by atoms with E-state index in [0.717, 1.165) is 17.7 Å². The average molecular weight is 274 g/mol. The van der Waals surface area contributed by atoms with Crippen LogP contribution in [-0.2, 0) is 6.42 Å². The number of carbonyl (C=O) groups excluding carboxylic acids is 1. The molecule has 4 heteroatoms. The number of nitrogen functional groups attached to an aromatic ring is 1. The summed E-state index contributed by atoms with van der Waals surface area (Å²) in [5, 5.41) is 0.413. The molecule has 0 atom stereocenters. The molecule has 0 radical (unpaired) electrons. The number of ketones is 1. The average Bonchev–Trinajstić information content (AvgIpc) is 2.88. The highest BCUT2D eigenvalue weighted by molar-refractivity contribution is 6.35. The number of nitrogens with two attached hydrogens (primary N) is 1. The maximum Gasteiger partial charge on any atom is 0.194 e. The largest absolute Gasteiger partial charge is 0.493 e. The molecule has 1 aliphatic heterocycles. The Morgan fingerprint density at radius 1 is 1.21 bits per heavy atom. The third-order valence-corrected chi connectivity index (χ3v) is 3.52. The van der Waals surface area contributed by atoms with Crippen molar-refractivity contribution < 1.29 is 9.53 Å². The SMILES string of the molecule is Nc1ccc(Cl)c(C(=O)c2ccc3c(c2)CCO3)c1. The van der Waals surface area contributed by atoms with Crippen molar-refractivity contribution in [2.75, 3.05) is 12.3 Å². The Bertz CT molecular complexity index is 667. The lowest BCUT2D eigenvalue weighted by Crippen LogP contribution is -2.03. The third-order valence-electron chi connectivity index (χ3n) is 3.19. The van der Waals surface area contributed by atoms with Crippen LogP contribution in [0.25, 0.3) is 0 Å². The van der Waals surface area contributed by atoms with Gasteiger partial charge in [0.1, 0.15) is 5.75 Å². The van der Waals surface area contributed by atoms with Gasteiger partial charge >= 0.3 is 0 Å². The number of carbonyl (C=O) groups is 1. The molecule has 0 fully saturated rings. The summed E-state index contributed by atoms with van der Waals surface area (Å²) in [6.07, 6.45) is 0.834. The number of hydrogen-bond donors (Lipinski definition) is 1. The van der Waals surface area contributed by atoms with Crippen molar-refractivity contribution in [2.24, 2.45) is 0 Å². The zero-order chi connectivity index (χ0) is 13.4. The molecule has 2 N–H and O–H groups in total. The molecule has 2 aromatic carbocycles. The van der Waals surface area contributed by atoms with E-state index < -0.39 is 0 Å². The van der Waals surface area contributed by atoms with E-state index in [2.05, 4.69) is 0 Å². The lowest BCUT2D eigenvalue weighted by atomic mass is 10.00. The number of halogens is 1. The summed E-state index contributed by atoms with van der Waals surface area (Å²) in [4.78, 5) is 12.4. The summed E-state index contributed by atoms with van der Waals surface area (Å²) in [6, 6.07) is 10.4. The molecule has 0 amide bonds. The van der Waals surface area contributed by atoms with Crippen molar-refractivity contribution in [3.05, 3.63) is 58.1 Å². The number of anilines is 1. The van der Waals surface area contributed by atoms with Gasteiger partial charge < -0.3 is 10.5 Å². The normalized spacial score (nSPS) is 12.9. The van der Waals surface area contributed by atoms with Gasteiger partial charge in [0.15, 0.2) is 5.78 Å². The fourth-order valence-electron chi connectivity index (χ4n) is 2.20. The van der Waals surface area contributed by atoms with Crippen LogP contribution in [0.2, 0.25) is 5.02 Å². The predicted octanol–water partition coefficient (Wildman–Crippen LogP) is 3.09. The van der Waals surface area contributed by atoms with E-state index in [0.29, 0.717) is 28.4 Å². The van der Waals surface area contributed by atoms with Gasteiger partial charge in [-0.05, 0) is 42.0 Å². The van der Waals surface area contributed by atoms with Crippen molar-refractivity contribution in [1.82, 2.24) is 0 Å². The quantitative estimate of drug-likeness (QED) is 0.676. The molecule has 0 saturated heterocycles. The van der Waals surface area contributed by atoms with Gasteiger partial charge in [0.2, 0.25) is 0 Å². The molecule has 19 heavy (non-hydrogen) atoms. The molecule has 0 bridgehead atoms. The minimum atomic E-state index is -0.119. The zero-order valence-electron chi connectivity index (χ0n) is 10.2. The van der Waals surface area contributed by atoms with Gasteiger partial charge in [0.05, 0.1) is 11.6 Å². The summed E-state index contributed by atoms with van der Waals surface area (Å²) in [5.41, 5.74) is 8.33. The lowest BCUT2D eigenvalue weighted by molar-refractivity contribution is 0.103. The Balaban J connectivity index is 2.02. The number of ether oxygens (including phenoxy) is 1. The minimum Gasteiger partial charge on any atom is -0.493 e. The summed E-state index contributed by atoms with van der Waals surface area (Å²) in [7, 11) is 0. The number of fused-ring (bicyclic) bond motifs is 1. The third kappa shape index (κ3) is 2.17. The number of benzene rings is 2. The van der Waals surface area contributed by atoms with Crippen LogP contribution in [0.4, 0.5) is 5.69 Å². The Hall–Kier alpha value is -2.00. The van der Waals surface area contributed by atoms with Crippen molar-refractivity contribution in [2.45, 2.75) is 6.42 Å². The number of hydrogen-bond acceptors (Lipinski definition) is 3. The van der Waals surface area contributed by atoms with Gasteiger partial charge in [0.25, 0.3) is 0 Å². The molecule has 2 aromatic rings. The van der Waals surface area contributed by atoms with E-state index in [1.807, 2.05) is 12.1 Å². The van der Waals surface area contributed by atoms with E-state index >= 15 is 0 Å². The Morgan fingerprint density at radius 2 is 2.05 bits per heavy atom. The van der Waals surface area contributed by atoms with E-state index in [-0.39, 0.29) is 5.78 Å². The van der Waals surface area contributed by atoms with Crippen LogP contribution >= 0.6 is 11.6 Å². The first-order chi connectivity index (χ1) is 9.15. The van der Waals surface area contributed by atoms with Crippen molar-refractivity contribution >= 4 is 23.1 Å². The highest BCUT2D eigenvalue weighted by atomic mass is 35.5. The number of rotatable bonds is 2. The molecular formula is C15H12ClNO2. The molecule has 0 unspecified atom stereocenters. The van der Waals surface area contributed by atoms with Crippen LogP contribution in [0.5, 0.6) is 5.75 Å². The molecular weight excluding hydrogens is 262 g/mol. The molecule has 3 rings (SSSR count). The van der Waals surface area contributed by atoms with Crippen molar-refractivity contribution in [3.63, 3.8) is 0 Å². The second-order valence-electron chi connectivity index (χ2n) is 4.49. The summed E-state index contributed by atoms with van der Waals surface area (Å²) >= 11 is 6.06. The Kier molecular flexibility index (Phi) is 2.91. The second-order valence-corrected chi connectivity index (χ2v) is 4.90. The standard InChI is InChI=1S/C15H12ClNO2/c16-13-3-2-11(17)8-12(13)15(18)10-1-4-14-9(7-10)5-6-19-14/h1-4,7-8H,5-6,17H2. The summed E-state index contributed by atoms with van der Waals surface area (Å²) in [6.45, 7) is 0.673. The fourth-order valence-corrected chi connectivity index (χ4v) is 2.40. The first kappa shape index (κ1) is 12.1. The van der Waals surface area contributed by atoms with Gasteiger partial charge in [-0.2, -0.15) is 0 Å². The highest BCUT2D eigenvalue weighted by Gasteiger charge is 2.17. The minimum absolute atomic E-state index is 0.119. The molecule has 96 valence electrons. The maximum atomic E-state index is 12.4. The molecule has 3 nitrogen and oxygen atoms in total. The summed E-state index contributed by atoms with van der Waals surface area (Å²) in [5.74, 6) is 0.738. The van der Waals surface area contributed by atoms with Gasteiger partial charge in [0, 0.05) is 23.2 Å². The topological polar surface area (TPSA) is 52.3 Å². The van der Waals surface area contributed by atoms with Gasteiger partial charge in [-0.1, -0.05) is 11.6 Å². The zero-order valence-corrected chi connectivity index (χ0v) is 10.9. The van der Waals surface area contributed by atoms with Crippen molar-refractivity contribution in [3.8, 4) is 5.75 Å².